The fourth-order valence-corrected chi connectivity index (χ4v) is 6.72. The summed E-state index contributed by atoms with van der Waals surface area (Å²) in [6.45, 7) is 6.61. The number of carbonyl (C=O) groups excluding carboxylic acids is 1. The molecule has 7 nitrogen and oxygen atoms in total. The smallest absolute Gasteiger partial charge is 0.267 e. The molecule has 4 rings (SSSR count). The molecule has 2 aliphatic rings. The highest BCUT2D eigenvalue weighted by Gasteiger charge is 2.28. The number of aromatic nitrogens is 1. The Hall–Kier alpha value is -1.97. The fourth-order valence-electron chi connectivity index (χ4n) is 4.36. The lowest BCUT2D eigenvalue weighted by Gasteiger charge is -2.31. The van der Waals surface area contributed by atoms with Crippen LogP contribution in [0.1, 0.15) is 58.9 Å². The van der Waals surface area contributed by atoms with Crippen molar-refractivity contribution in [2.45, 2.75) is 57.3 Å². The first-order valence-electron chi connectivity index (χ1n) is 11.0. The zero-order chi connectivity index (χ0) is 22.0. The fraction of sp³-hybridized carbons (Fsp3) is 0.545. The monoisotopic (exact) mass is 462 g/mol. The number of piperidine rings is 2. The van der Waals surface area contributed by atoms with Crippen molar-refractivity contribution < 1.29 is 13.2 Å². The second-order valence-corrected chi connectivity index (χ2v) is 11.4. The normalized spacial score (nSPS) is 18.2. The maximum atomic E-state index is 13.2. The van der Waals surface area contributed by atoms with Crippen LogP contribution in [0.2, 0.25) is 0 Å². The van der Waals surface area contributed by atoms with Gasteiger partial charge in [0.1, 0.15) is 4.88 Å². The van der Waals surface area contributed by atoms with Crippen molar-refractivity contribution in [3.63, 3.8) is 0 Å². The maximum absolute atomic E-state index is 13.2. The number of nitrogens with zero attached hydrogens (tertiary/aromatic N) is 3. The van der Waals surface area contributed by atoms with Gasteiger partial charge in [-0.3, -0.25) is 4.79 Å². The summed E-state index contributed by atoms with van der Waals surface area (Å²) in [4.78, 5) is 20.4. The summed E-state index contributed by atoms with van der Waals surface area (Å²) >= 11 is 1.35. The Bertz CT molecular complexity index is 1050. The lowest BCUT2D eigenvalue weighted by atomic mass is 10.1. The molecule has 0 spiro atoms. The molecule has 168 valence electrons. The number of carbonyl (C=O) groups is 1. The summed E-state index contributed by atoms with van der Waals surface area (Å²) in [5.41, 5.74) is 2.12. The summed E-state index contributed by atoms with van der Waals surface area (Å²) < 4.78 is 28.0. The van der Waals surface area contributed by atoms with E-state index in [2.05, 4.69) is 15.2 Å². The average molecular weight is 463 g/mol. The Balaban J connectivity index is 1.69. The first-order valence-corrected chi connectivity index (χ1v) is 13.3. The van der Waals surface area contributed by atoms with Crippen LogP contribution < -0.4 is 10.2 Å². The summed E-state index contributed by atoms with van der Waals surface area (Å²) in [5.74, 6) is -0.242. The van der Waals surface area contributed by atoms with E-state index < -0.39 is 10.0 Å². The molecule has 1 aromatic heterocycles. The van der Waals surface area contributed by atoms with Gasteiger partial charge in [0.25, 0.3) is 5.91 Å². The Labute approximate surface area is 188 Å². The molecule has 9 heteroatoms. The third-order valence-electron chi connectivity index (χ3n) is 5.98. The molecule has 0 atom stereocenters. The van der Waals surface area contributed by atoms with Gasteiger partial charge in [-0.15, -0.1) is 11.3 Å². The number of thiazole rings is 1. The molecule has 1 N–H and O–H groups in total. The second-order valence-electron chi connectivity index (χ2n) is 8.29. The molecular formula is C22H30N4O3S2. The highest BCUT2D eigenvalue weighted by atomic mass is 32.2. The van der Waals surface area contributed by atoms with Crippen LogP contribution in [-0.4, -0.2) is 49.8 Å². The van der Waals surface area contributed by atoms with Crippen molar-refractivity contribution in [2.75, 3.05) is 36.4 Å². The SMILES string of the molecule is Cc1nc(C)c(C(=O)Nc2cc(S(=O)(=O)N3CCCCC3)ccc2N2CCCCC2)s1. The van der Waals surface area contributed by atoms with E-state index in [4.69, 9.17) is 0 Å². The quantitative estimate of drug-likeness (QED) is 0.721. The Kier molecular flexibility index (Phi) is 6.64. The molecule has 0 aliphatic carbocycles. The van der Waals surface area contributed by atoms with Crippen LogP contribution in [0.15, 0.2) is 23.1 Å². The van der Waals surface area contributed by atoms with Crippen LogP contribution in [-0.2, 0) is 10.0 Å². The Morgan fingerprint density at radius 1 is 1.00 bits per heavy atom. The summed E-state index contributed by atoms with van der Waals surface area (Å²) in [7, 11) is -3.58. The molecule has 2 fully saturated rings. The molecule has 0 bridgehead atoms. The third-order valence-corrected chi connectivity index (χ3v) is 8.94. The van der Waals surface area contributed by atoms with Crippen molar-refractivity contribution in [2.24, 2.45) is 0 Å². The summed E-state index contributed by atoms with van der Waals surface area (Å²) in [6, 6.07) is 5.17. The van der Waals surface area contributed by atoms with Gasteiger partial charge in [0.05, 0.1) is 27.0 Å². The molecule has 2 aliphatic heterocycles. The van der Waals surface area contributed by atoms with Crippen molar-refractivity contribution >= 4 is 38.6 Å². The van der Waals surface area contributed by atoms with Gasteiger partial charge in [0.15, 0.2) is 0 Å². The van der Waals surface area contributed by atoms with E-state index in [0.717, 1.165) is 55.9 Å². The van der Waals surface area contributed by atoms with Gasteiger partial charge in [-0.1, -0.05) is 6.42 Å². The molecule has 0 saturated carbocycles. The number of hydrogen-bond donors (Lipinski definition) is 1. The van der Waals surface area contributed by atoms with E-state index in [-0.39, 0.29) is 10.8 Å². The van der Waals surface area contributed by atoms with E-state index >= 15 is 0 Å². The van der Waals surface area contributed by atoms with Gasteiger partial charge in [-0.05, 0) is 64.2 Å². The minimum Gasteiger partial charge on any atom is -0.370 e. The van der Waals surface area contributed by atoms with Crippen LogP contribution in [0.5, 0.6) is 0 Å². The molecule has 3 heterocycles. The molecular weight excluding hydrogens is 432 g/mol. The van der Waals surface area contributed by atoms with Gasteiger partial charge < -0.3 is 10.2 Å². The van der Waals surface area contributed by atoms with E-state index in [1.165, 1.54) is 17.8 Å². The van der Waals surface area contributed by atoms with Crippen molar-refractivity contribution in [3.8, 4) is 0 Å². The van der Waals surface area contributed by atoms with Crippen molar-refractivity contribution in [1.82, 2.24) is 9.29 Å². The number of hydrogen-bond acceptors (Lipinski definition) is 6. The van der Waals surface area contributed by atoms with Crippen LogP contribution in [0.4, 0.5) is 11.4 Å². The Morgan fingerprint density at radius 3 is 2.26 bits per heavy atom. The molecule has 0 unspecified atom stereocenters. The zero-order valence-corrected chi connectivity index (χ0v) is 19.8. The lowest BCUT2D eigenvalue weighted by Crippen LogP contribution is -2.35. The van der Waals surface area contributed by atoms with Crippen molar-refractivity contribution in [3.05, 3.63) is 33.8 Å². The number of benzene rings is 1. The number of amides is 1. The predicted molar refractivity (Wildman–Crippen MR) is 125 cm³/mol. The van der Waals surface area contributed by atoms with Crippen LogP contribution in [0, 0.1) is 13.8 Å². The molecule has 2 aromatic rings. The van der Waals surface area contributed by atoms with Gasteiger partial charge in [0.2, 0.25) is 10.0 Å². The van der Waals surface area contributed by atoms with E-state index in [1.54, 1.807) is 16.4 Å². The zero-order valence-electron chi connectivity index (χ0n) is 18.2. The highest BCUT2D eigenvalue weighted by Crippen LogP contribution is 2.33. The molecule has 2 saturated heterocycles. The van der Waals surface area contributed by atoms with Gasteiger partial charge in [-0.25, -0.2) is 13.4 Å². The summed E-state index contributed by atoms with van der Waals surface area (Å²) in [5, 5.41) is 3.83. The number of anilines is 2. The number of sulfonamides is 1. The minimum absolute atomic E-state index is 0.239. The molecule has 1 aromatic carbocycles. The molecule has 31 heavy (non-hydrogen) atoms. The third kappa shape index (κ3) is 4.78. The van der Waals surface area contributed by atoms with E-state index in [1.807, 2.05) is 19.9 Å². The maximum Gasteiger partial charge on any atom is 0.267 e. The molecule has 0 radical (unpaired) electrons. The average Bonchev–Trinajstić information content (AvgIpc) is 3.13. The predicted octanol–water partition coefficient (Wildman–Crippen LogP) is 4.18. The Morgan fingerprint density at radius 2 is 1.65 bits per heavy atom. The first-order chi connectivity index (χ1) is 14.9. The second kappa shape index (κ2) is 9.26. The van der Waals surface area contributed by atoms with Gasteiger partial charge >= 0.3 is 0 Å². The van der Waals surface area contributed by atoms with Crippen LogP contribution in [0.3, 0.4) is 0 Å². The van der Waals surface area contributed by atoms with Gasteiger partial charge in [0, 0.05) is 26.2 Å². The minimum atomic E-state index is -3.58. The standard InChI is InChI=1S/C22H30N4O3S2/c1-16-21(30-17(2)23-16)22(27)24-19-15-18(31(28,29)26-13-7-4-8-14-26)9-10-20(19)25-11-5-3-6-12-25/h9-10,15H,3-8,11-14H2,1-2H3,(H,24,27). The number of aryl methyl sites for hydroxylation is 2. The van der Waals surface area contributed by atoms with Crippen LogP contribution in [0.25, 0.3) is 0 Å². The van der Waals surface area contributed by atoms with E-state index in [9.17, 15) is 13.2 Å². The molecule has 1 amide bonds. The number of nitrogens with one attached hydrogen (secondary N) is 1. The summed E-state index contributed by atoms with van der Waals surface area (Å²) in [6.07, 6.45) is 6.22. The first kappa shape index (κ1) is 22.2. The van der Waals surface area contributed by atoms with Crippen LogP contribution >= 0.6 is 11.3 Å². The largest absolute Gasteiger partial charge is 0.370 e. The topological polar surface area (TPSA) is 82.6 Å². The number of rotatable bonds is 5. The van der Waals surface area contributed by atoms with E-state index in [0.29, 0.717) is 29.3 Å². The van der Waals surface area contributed by atoms with Crippen molar-refractivity contribution in [1.29, 1.82) is 0 Å². The highest BCUT2D eigenvalue weighted by molar-refractivity contribution is 7.89. The lowest BCUT2D eigenvalue weighted by molar-refractivity contribution is 0.102. The van der Waals surface area contributed by atoms with Gasteiger partial charge in [-0.2, -0.15) is 4.31 Å².